The first-order valence-corrected chi connectivity index (χ1v) is 12.0. The number of amides is 1. The number of ether oxygens (including phenoxy) is 1. The van der Waals surface area contributed by atoms with Gasteiger partial charge in [-0.15, -0.1) is 0 Å². The van der Waals surface area contributed by atoms with Crippen LogP contribution in [0.25, 0.3) is 0 Å². The summed E-state index contributed by atoms with van der Waals surface area (Å²) in [6.45, 7) is 5.57. The van der Waals surface area contributed by atoms with E-state index in [1.807, 2.05) is 16.7 Å². The molecule has 0 spiro atoms. The molecule has 2 heterocycles. The number of carbonyl (C=O) groups excluding carboxylic acids is 1. The maximum atomic E-state index is 13.5. The molecule has 0 bridgehead atoms. The van der Waals surface area contributed by atoms with Crippen molar-refractivity contribution in [2.45, 2.75) is 51.6 Å². The fraction of sp³-hybridized carbons (Fsp3) is 0.680. The predicted molar refractivity (Wildman–Crippen MR) is 119 cm³/mol. The van der Waals surface area contributed by atoms with Gasteiger partial charge in [0.2, 0.25) is 5.91 Å². The first kappa shape index (κ1) is 23.9. The molecule has 2 aliphatic heterocycles. The number of benzene rings is 1. The number of alkyl halides is 3. The Labute approximate surface area is 193 Å². The van der Waals surface area contributed by atoms with Gasteiger partial charge in [-0.05, 0) is 50.3 Å². The van der Waals surface area contributed by atoms with Gasteiger partial charge in [-0.25, -0.2) is 0 Å². The van der Waals surface area contributed by atoms with E-state index in [0.717, 1.165) is 25.3 Å². The van der Waals surface area contributed by atoms with E-state index in [1.54, 1.807) is 12.1 Å². The fourth-order valence-corrected chi connectivity index (χ4v) is 5.90. The highest BCUT2D eigenvalue weighted by Crippen LogP contribution is 2.45. The van der Waals surface area contributed by atoms with E-state index in [1.165, 1.54) is 18.9 Å². The molecule has 5 nitrogen and oxygen atoms in total. The highest BCUT2D eigenvalue weighted by Gasteiger charge is 2.51. The standard InChI is InChI=1S/C25H32F3N3O2/c1-2-33-17-24-9-10-30(21-8-7-19(13-29)22(12-21)25(26,27)28)14-20(24)15-31(16-24)23(32)11-18-5-3-4-6-18/h7-8,12,18,20H,2-6,9-11,14-17H2,1H3. The third-order valence-electron chi connectivity index (χ3n) is 7.81. The minimum Gasteiger partial charge on any atom is -0.381 e. The minimum atomic E-state index is -4.58. The van der Waals surface area contributed by atoms with Gasteiger partial charge in [-0.2, -0.15) is 18.4 Å². The maximum Gasteiger partial charge on any atom is 0.417 e. The van der Waals surface area contributed by atoms with Crippen LogP contribution in [0.1, 0.15) is 56.6 Å². The van der Waals surface area contributed by atoms with Gasteiger partial charge in [-0.3, -0.25) is 4.79 Å². The molecule has 2 atom stereocenters. The Morgan fingerprint density at radius 1 is 1.27 bits per heavy atom. The van der Waals surface area contributed by atoms with Gasteiger partial charge in [0.25, 0.3) is 0 Å². The highest BCUT2D eigenvalue weighted by atomic mass is 19.4. The van der Waals surface area contributed by atoms with E-state index in [2.05, 4.69) is 0 Å². The summed E-state index contributed by atoms with van der Waals surface area (Å²) < 4.78 is 46.3. The van der Waals surface area contributed by atoms with Crippen molar-refractivity contribution in [3.05, 3.63) is 29.3 Å². The Balaban J connectivity index is 1.52. The second-order valence-corrected chi connectivity index (χ2v) is 9.86. The van der Waals surface area contributed by atoms with Crippen molar-refractivity contribution in [3.63, 3.8) is 0 Å². The van der Waals surface area contributed by atoms with Crippen LogP contribution in [-0.2, 0) is 15.7 Å². The van der Waals surface area contributed by atoms with Crippen LogP contribution in [0.4, 0.5) is 18.9 Å². The third kappa shape index (κ3) is 4.98. The van der Waals surface area contributed by atoms with Crippen LogP contribution in [0, 0.1) is 28.6 Å². The van der Waals surface area contributed by atoms with Crippen LogP contribution in [0.5, 0.6) is 0 Å². The average molecular weight is 464 g/mol. The molecular weight excluding hydrogens is 431 g/mol. The van der Waals surface area contributed by atoms with Gasteiger partial charge in [0, 0.05) is 56.2 Å². The number of hydrogen-bond donors (Lipinski definition) is 0. The van der Waals surface area contributed by atoms with Crippen LogP contribution in [0.3, 0.4) is 0 Å². The van der Waals surface area contributed by atoms with Crippen LogP contribution < -0.4 is 4.90 Å². The Morgan fingerprint density at radius 2 is 2.03 bits per heavy atom. The molecule has 1 amide bonds. The lowest BCUT2D eigenvalue weighted by atomic mass is 9.73. The molecule has 0 N–H and O–H groups in total. The summed E-state index contributed by atoms with van der Waals surface area (Å²) in [4.78, 5) is 17.0. The first-order valence-electron chi connectivity index (χ1n) is 12.0. The summed E-state index contributed by atoms with van der Waals surface area (Å²) in [5.41, 5.74) is -0.939. The van der Waals surface area contributed by atoms with E-state index in [9.17, 15) is 18.0 Å². The van der Waals surface area contributed by atoms with Crippen molar-refractivity contribution >= 4 is 11.6 Å². The van der Waals surface area contributed by atoms with Crippen molar-refractivity contribution < 1.29 is 22.7 Å². The maximum absolute atomic E-state index is 13.5. The van der Waals surface area contributed by atoms with Crippen molar-refractivity contribution in [1.29, 1.82) is 5.26 Å². The molecule has 2 unspecified atom stereocenters. The molecule has 3 aliphatic rings. The molecule has 0 aromatic heterocycles. The predicted octanol–water partition coefficient (Wildman–Crippen LogP) is 4.85. The van der Waals surface area contributed by atoms with E-state index in [4.69, 9.17) is 10.00 Å². The van der Waals surface area contributed by atoms with Gasteiger partial charge in [0.05, 0.1) is 23.8 Å². The molecule has 2 saturated heterocycles. The largest absolute Gasteiger partial charge is 0.417 e. The van der Waals surface area contributed by atoms with Crippen molar-refractivity contribution in [2.75, 3.05) is 44.3 Å². The number of anilines is 1. The smallest absolute Gasteiger partial charge is 0.381 e. The molecule has 1 aromatic rings. The zero-order valence-electron chi connectivity index (χ0n) is 19.2. The molecule has 8 heteroatoms. The van der Waals surface area contributed by atoms with Gasteiger partial charge in [0.15, 0.2) is 0 Å². The van der Waals surface area contributed by atoms with Gasteiger partial charge in [-0.1, -0.05) is 12.8 Å². The van der Waals surface area contributed by atoms with Gasteiger partial charge < -0.3 is 14.5 Å². The number of likely N-dealkylation sites (tertiary alicyclic amines) is 1. The number of hydrogen-bond acceptors (Lipinski definition) is 4. The average Bonchev–Trinajstić information content (AvgIpc) is 3.44. The zero-order chi connectivity index (χ0) is 23.6. The van der Waals surface area contributed by atoms with E-state index in [0.29, 0.717) is 57.4 Å². The number of nitriles is 1. The van der Waals surface area contributed by atoms with Crippen LogP contribution in [0.15, 0.2) is 18.2 Å². The number of halogens is 3. The zero-order valence-corrected chi connectivity index (χ0v) is 19.2. The van der Waals surface area contributed by atoms with Crippen LogP contribution in [-0.4, -0.2) is 50.2 Å². The number of piperidine rings is 1. The van der Waals surface area contributed by atoms with E-state index in [-0.39, 0.29) is 22.8 Å². The number of nitrogens with zero attached hydrogens (tertiary/aromatic N) is 3. The molecule has 33 heavy (non-hydrogen) atoms. The molecular formula is C25H32F3N3O2. The minimum absolute atomic E-state index is 0.135. The first-order chi connectivity index (χ1) is 15.8. The van der Waals surface area contributed by atoms with Crippen molar-refractivity contribution in [3.8, 4) is 6.07 Å². The summed E-state index contributed by atoms with van der Waals surface area (Å²) in [6.07, 6.45) is 1.44. The summed E-state index contributed by atoms with van der Waals surface area (Å²) in [6, 6.07) is 5.59. The highest BCUT2D eigenvalue weighted by molar-refractivity contribution is 5.77. The topological polar surface area (TPSA) is 56.6 Å². The summed E-state index contributed by atoms with van der Waals surface area (Å²) in [5, 5.41) is 9.09. The molecule has 3 fully saturated rings. The summed E-state index contributed by atoms with van der Waals surface area (Å²) in [7, 11) is 0. The Bertz CT molecular complexity index is 907. The number of fused-ring (bicyclic) bond motifs is 1. The SMILES string of the molecule is CCOCC12CCN(c3ccc(C#N)c(C(F)(F)F)c3)CC1CN(C(=O)CC1CCCC1)C2. The van der Waals surface area contributed by atoms with Crippen LogP contribution in [0.2, 0.25) is 0 Å². The van der Waals surface area contributed by atoms with Crippen LogP contribution >= 0.6 is 0 Å². The van der Waals surface area contributed by atoms with Gasteiger partial charge in [0.1, 0.15) is 0 Å². The van der Waals surface area contributed by atoms with E-state index >= 15 is 0 Å². The second kappa shape index (κ2) is 9.54. The third-order valence-corrected chi connectivity index (χ3v) is 7.81. The number of carbonyl (C=O) groups is 1. The molecule has 180 valence electrons. The summed E-state index contributed by atoms with van der Waals surface area (Å²) >= 11 is 0. The quantitative estimate of drug-likeness (QED) is 0.605. The lowest BCUT2D eigenvalue weighted by Crippen LogP contribution is -2.49. The summed E-state index contributed by atoms with van der Waals surface area (Å²) in [5.74, 6) is 0.825. The van der Waals surface area contributed by atoms with Crippen molar-refractivity contribution in [1.82, 2.24) is 4.90 Å². The lowest BCUT2D eigenvalue weighted by Gasteiger charge is -2.44. The second-order valence-electron chi connectivity index (χ2n) is 9.86. The molecule has 1 aliphatic carbocycles. The Hall–Kier alpha value is -2.27. The Kier molecular flexibility index (Phi) is 6.90. The number of rotatable bonds is 6. The lowest BCUT2D eigenvalue weighted by molar-refractivity contribution is -0.137. The van der Waals surface area contributed by atoms with E-state index < -0.39 is 11.7 Å². The molecule has 4 rings (SSSR count). The monoisotopic (exact) mass is 463 g/mol. The molecule has 0 radical (unpaired) electrons. The Morgan fingerprint density at radius 3 is 2.70 bits per heavy atom. The van der Waals surface area contributed by atoms with Crippen molar-refractivity contribution in [2.24, 2.45) is 17.3 Å². The molecule has 1 aromatic carbocycles. The normalized spacial score (nSPS) is 25.8. The molecule has 1 saturated carbocycles. The fourth-order valence-electron chi connectivity index (χ4n) is 5.90. The van der Waals surface area contributed by atoms with Gasteiger partial charge >= 0.3 is 6.18 Å².